The predicted molar refractivity (Wildman–Crippen MR) is 99.8 cm³/mol. The Kier molecular flexibility index (Phi) is 4.70. The van der Waals surface area contributed by atoms with Crippen LogP contribution in [0, 0.1) is 5.92 Å². The number of nitrogens with one attached hydrogen (secondary N) is 1. The van der Waals surface area contributed by atoms with Crippen LogP contribution < -0.4 is 5.32 Å². The van der Waals surface area contributed by atoms with Crippen LogP contribution in [0.5, 0.6) is 0 Å². The minimum absolute atomic E-state index is 0.172. The molecule has 0 aliphatic rings. The summed E-state index contributed by atoms with van der Waals surface area (Å²) in [6.07, 6.45) is 0.393. The lowest BCUT2D eigenvalue weighted by molar-refractivity contribution is -0.139. The van der Waals surface area contributed by atoms with Crippen LogP contribution in [0.25, 0.3) is 21.5 Å². The van der Waals surface area contributed by atoms with Gasteiger partial charge in [-0.3, -0.25) is 4.79 Å². The van der Waals surface area contributed by atoms with Crippen molar-refractivity contribution in [2.45, 2.75) is 26.3 Å². The second-order valence-corrected chi connectivity index (χ2v) is 6.69. The van der Waals surface area contributed by atoms with E-state index in [0.29, 0.717) is 12.0 Å². The van der Waals surface area contributed by atoms with Gasteiger partial charge in [-0.2, -0.15) is 0 Å². The van der Waals surface area contributed by atoms with Crippen LogP contribution in [0.15, 0.2) is 54.6 Å². The van der Waals surface area contributed by atoms with Crippen LogP contribution in [0.3, 0.4) is 0 Å². The van der Waals surface area contributed by atoms with E-state index in [-0.39, 0.29) is 11.8 Å². The number of aliphatic carboxylic acids is 1. The number of rotatable bonds is 5. The third kappa shape index (κ3) is 3.48. The van der Waals surface area contributed by atoms with Crippen molar-refractivity contribution < 1.29 is 14.7 Å². The van der Waals surface area contributed by atoms with E-state index in [2.05, 4.69) is 5.32 Å². The normalized spacial score (nSPS) is 12.4. The monoisotopic (exact) mass is 335 g/mol. The first kappa shape index (κ1) is 17.0. The zero-order chi connectivity index (χ0) is 18.0. The van der Waals surface area contributed by atoms with Crippen molar-refractivity contribution in [3.63, 3.8) is 0 Å². The third-order valence-electron chi connectivity index (χ3n) is 4.31. The lowest BCUT2D eigenvalue weighted by Gasteiger charge is -2.18. The Morgan fingerprint density at radius 1 is 0.960 bits per heavy atom. The summed E-state index contributed by atoms with van der Waals surface area (Å²) in [5.41, 5.74) is 0.531. The molecule has 0 saturated carbocycles. The standard InChI is InChI=1S/C21H21NO3/c1-13(2)11-18(21(24)25)22-20(23)19-16-9-5-3-7-14(16)12-15-8-4-6-10-17(15)19/h3-10,12-13,18H,11H2,1-2H3,(H,22,23)(H,24,25)/t18-/m0/s1. The van der Waals surface area contributed by atoms with Crippen LogP contribution in [-0.4, -0.2) is 23.0 Å². The summed E-state index contributed by atoms with van der Waals surface area (Å²) in [5, 5.41) is 15.7. The summed E-state index contributed by atoms with van der Waals surface area (Å²) in [4.78, 5) is 24.5. The molecule has 0 aliphatic carbocycles. The van der Waals surface area contributed by atoms with Gasteiger partial charge in [-0.1, -0.05) is 62.4 Å². The van der Waals surface area contributed by atoms with Crippen LogP contribution in [-0.2, 0) is 4.79 Å². The van der Waals surface area contributed by atoms with Crippen LogP contribution in [0.1, 0.15) is 30.6 Å². The Hall–Kier alpha value is -2.88. The van der Waals surface area contributed by atoms with Gasteiger partial charge in [-0.15, -0.1) is 0 Å². The zero-order valence-electron chi connectivity index (χ0n) is 14.3. The van der Waals surface area contributed by atoms with Gasteiger partial charge in [0.05, 0.1) is 5.56 Å². The van der Waals surface area contributed by atoms with E-state index in [0.717, 1.165) is 21.5 Å². The lowest BCUT2D eigenvalue weighted by atomic mass is 9.95. The largest absolute Gasteiger partial charge is 0.480 e. The molecule has 3 aromatic carbocycles. The first-order valence-electron chi connectivity index (χ1n) is 8.41. The molecule has 0 spiro atoms. The van der Waals surface area contributed by atoms with Gasteiger partial charge >= 0.3 is 5.97 Å². The average molecular weight is 335 g/mol. The predicted octanol–water partition coefficient (Wildman–Crippen LogP) is 4.22. The van der Waals surface area contributed by atoms with Gasteiger partial charge in [-0.25, -0.2) is 4.79 Å². The molecule has 2 N–H and O–H groups in total. The van der Waals surface area contributed by atoms with Gasteiger partial charge in [0.2, 0.25) is 0 Å². The molecule has 4 nitrogen and oxygen atoms in total. The molecule has 0 fully saturated rings. The maximum atomic E-state index is 13.0. The van der Waals surface area contributed by atoms with Crippen LogP contribution in [0.4, 0.5) is 0 Å². The number of carbonyl (C=O) groups is 2. The maximum Gasteiger partial charge on any atom is 0.326 e. The number of hydrogen-bond acceptors (Lipinski definition) is 2. The molecule has 0 aliphatic heterocycles. The van der Waals surface area contributed by atoms with Crippen molar-refractivity contribution in [1.82, 2.24) is 5.32 Å². The molecule has 0 heterocycles. The second-order valence-electron chi connectivity index (χ2n) is 6.69. The van der Waals surface area contributed by atoms with Crippen molar-refractivity contribution in [1.29, 1.82) is 0 Å². The highest BCUT2D eigenvalue weighted by Gasteiger charge is 2.23. The Morgan fingerprint density at radius 2 is 1.48 bits per heavy atom. The SMILES string of the molecule is CC(C)C[C@H](NC(=O)c1c2ccccc2cc2ccccc12)C(=O)O. The van der Waals surface area contributed by atoms with E-state index in [1.165, 1.54) is 0 Å². The lowest BCUT2D eigenvalue weighted by Crippen LogP contribution is -2.41. The second kappa shape index (κ2) is 6.93. The number of benzene rings is 3. The maximum absolute atomic E-state index is 13.0. The van der Waals surface area contributed by atoms with Crippen molar-refractivity contribution in [3.05, 3.63) is 60.2 Å². The summed E-state index contributed by atoms with van der Waals surface area (Å²) in [6.45, 7) is 3.88. The van der Waals surface area contributed by atoms with Gasteiger partial charge < -0.3 is 10.4 Å². The number of carbonyl (C=O) groups excluding carboxylic acids is 1. The Morgan fingerprint density at radius 3 is 1.96 bits per heavy atom. The molecule has 1 atom stereocenters. The molecule has 0 radical (unpaired) electrons. The molecular formula is C21H21NO3. The van der Waals surface area contributed by atoms with E-state index in [1.807, 2.05) is 68.4 Å². The first-order valence-corrected chi connectivity index (χ1v) is 8.41. The number of carboxylic acids is 1. The summed E-state index contributed by atoms with van der Waals surface area (Å²) in [6, 6.07) is 16.5. The molecule has 0 aromatic heterocycles. The minimum atomic E-state index is -1.01. The number of carboxylic acid groups (broad SMARTS) is 1. The molecule has 3 aromatic rings. The average Bonchev–Trinajstić information content (AvgIpc) is 2.58. The third-order valence-corrected chi connectivity index (χ3v) is 4.31. The Balaban J connectivity index is 2.11. The highest BCUT2D eigenvalue weighted by Crippen LogP contribution is 2.28. The molecule has 0 saturated heterocycles. The molecule has 25 heavy (non-hydrogen) atoms. The van der Waals surface area contributed by atoms with Crippen molar-refractivity contribution in [3.8, 4) is 0 Å². The Labute approximate surface area is 146 Å². The summed E-state index contributed by atoms with van der Waals surface area (Å²) in [5.74, 6) is -1.18. The summed E-state index contributed by atoms with van der Waals surface area (Å²) >= 11 is 0. The summed E-state index contributed by atoms with van der Waals surface area (Å²) < 4.78 is 0. The van der Waals surface area contributed by atoms with E-state index in [9.17, 15) is 14.7 Å². The molecule has 0 bridgehead atoms. The highest BCUT2D eigenvalue weighted by atomic mass is 16.4. The molecule has 3 rings (SSSR count). The van der Waals surface area contributed by atoms with Gasteiger partial charge in [0, 0.05) is 0 Å². The van der Waals surface area contributed by atoms with E-state index >= 15 is 0 Å². The van der Waals surface area contributed by atoms with Crippen molar-refractivity contribution in [2.75, 3.05) is 0 Å². The Bertz CT molecular complexity index is 892. The van der Waals surface area contributed by atoms with Crippen molar-refractivity contribution in [2.24, 2.45) is 5.92 Å². The molecule has 4 heteroatoms. The topological polar surface area (TPSA) is 66.4 Å². The molecular weight excluding hydrogens is 314 g/mol. The zero-order valence-corrected chi connectivity index (χ0v) is 14.3. The number of amides is 1. The van der Waals surface area contributed by atoms with Crippen LogP contribution >= 0.6 is 0 Å². The fourth-order valence-electron chi connectivity index (χ4n) is 3.18. The van der Waals surface area contributed by atoms with E-state index in [4.69, 9.17) is 0 Å². The van der Waals surface area contributed by atoms with E-state index in [1.54, 1.807) is 0 Å². The van der Waals surface area contributed by atoms with Gasteiger partial charge in [0.25, 0.3) is 5.91 Å². The smallest absolute Gasteiger partial charge is 0.326 e. The molecule has 1 amide bonds. The number of hydrogen-bond donors (Lipinski definition) is 2. The van der Waals surface area contributed by atoms with Gasteiger partial charge in [-0.05, 0) is 39.9 Å². The molecule has 128 valence electrons. The quantitative estimate of drug-likeness (QED) is 0.686. The minimum Gasteiger partial charge on any atom is -0.480 e. The fraction of sp³-hybridized carbons (Fsp3) is 0.238. The van der Waals surface area contributed by atoms with Gasteiger partial charge in [0.1, 0.15) is 6.04 Å². The fourth-order valence-corrected chi connectivity index (χ4v) is 3.18. The summed E-state index contributed by atoms with van der Waals surface area (Å²) in [7, 11) is 0. The van der Waals surface area contributed by atoms with Gasteiger partial charge in [0.15, 0.2) is 0 Å². The first-order chi connectivity index (χ1) is 12.0. The van der Waals surface area contributed by atoms with Crippen LogP contribution in [0.2, 0.25) is 0 Å². The number of fused-ring (bicyclic) bond motifs is 2. The van der Waals surface area contributed by atoms with E-state index < -0.39 is 12.0 Å². The molecule has 0 unspecified atom stereocenters. The van der Waals surface area contributed by atoms with Crippen molar-refractivity contribution >= 4 is 33.4 Å². The highest BCUT2D eigenvalue weighted by molar-refractivity contribution is 6.18.